The van der Waals surface area contributed by atoms with Crippen molar-refractivity contribution in [2.45, 2.75) is 44.6 Å². The third-order valence-corrected chi connectivity index (χ3v) is 6.10. The second kappa shape index (κ2) is 9.85. The van der Waals surface area contributed by atoms with Gasteiger partial charge >= 0.3 is 0 Å². The van der Waals surface area contributed by atoms with Gasteiger partial charge in [-0.05, 0) is 49.4 Å². The van der Waals surface area contributed by atoms with E-state index < -0.39 is 6.04 Å². The third-order valence-electron chi connectivity index (χ3n) is 6.10. The van der Waals surface area contributed by atoms with Gasteiger partial charge in [-0.15, -0.1) is 0 Å². The van der Waals surface area contributed by atoms with E-state index in [-0.39, 0.29) is 17.7 Å². The van der Waals surface area contributed by atoms with Crippen molar-refractivity contribution < 1.29 is 19.1 Å². The molecular formula is C25H29N3O4. The summed E-state index contributed by atoms with van der Waals surface area (Å²) in [5, 5.41) is 2.98. The molecule has 1 N–H and O–H groups in total. The summed E-state index contributed by atoms with van der Waals surface area (Å²) in [4.78, 5) is 41.9. The topological polar surface area (TPSA) is 79.0 Å². The maximum absolute atomic E-state index is 13.4. The number of hydrogen-bond donors (Lipinski definition) is 1. The van der Waals surface area contributed by atoms with Gasteiger partial charge in [0.2, 0.25) is 11.8 Å². The van der Waals surface area contributed by atoms with E-state index in [0.717, 1.165) is 31.2 Å². The Morgan fingerprint density at radius 3 is 2.34 bits per heavy atom. The highest BCUT2D eigenvalue weighted by Gasteiger charge is 2.33. The van der Waals surface area contributed by atoms with Gasteiger partial charge in [0, 0.05) is 31.6 Å². The second-order valence-corrected chi connectivity index (χ2v) is 8.24. The Kier molecular flexibility index (Phi) is 6.73. The largest absolute Gasteiger partial charge is 0.495 e. The second-order valence-electron chi connectivity index (χ2n) is 8.24. The lowest BCUT2D eigenvalue weighted by Crippen LogP contribution is -2.43. The fourth-order valence-electron chi connectivity index (χ4n) is 4.46. The van der Waals surface area contributed by atoms with Gasteiger partial charge in [0.15, 0.2) is 0 Å². The maximum Gasteiger partial charge on any atom is 0.251 e. The number of likely N-dealkylation sites (tertiary alicyclic amines) is 1. The summed E-state index contributed by atoms with van der Waals surface area (Å²) in [6.07, 6.45) is 4.51. The molecule has 0 spiro atoms. The Bertz CT molecular complexity index is 992. The van der Waals surface area contributed by atoms with Gasteiger partial charge < -0.3 is 19.9 Å². The molecule has 1 unspecified atom stereocenters. The van der Waals surface area contributed by atoms with E-state index in [0.29, 0.717) is 43.1 Å². The van der Waals surface area contributed by atoms with Gasteiger partial charge in [-0.3, -0.25) is 14.4 Å². The molecule has 0 radical (unpaired) electrons. The van der Waals surface area contributed by atoms with Crippen LogP contribution < -0.4 is 15.0 Å². The van der Waals surface area contributed by atoms with Crippen LogP contribution in [0.4, 0.5) is 11.4 Å². The van der Waals surface area contributed by atoms with Crippen LogP contribution in [0.1, 0.15) is 50.1 Å². The first-order valence-corrected chi connectivity index (χ1v) is 11.2. The fourth-order valence-corrected chi connectivity index (χ4v) is 4.46. The summed E-state index contributed by atoms with van der Waals surface area (Å²) in [6.45, 7) is 1.18. The normalized spacial score (nSPS) is 17.8. The number of carbonyl (C=O) groups excluding carboxylic acids is 3. The Morgan fingerprint density at radius 2 is 1.66 bits per heavy atom. The van der Waals surface area contributed by atoms with Gasteiger partial charge in [-0.25, -0.2) is 0 Å². The van der Waals surface area contributed by atoms with Crippen molar-refractivity contribution in [1.82, 2.24) is 4.90 Å². The van der Waals surface area contributed by atoms with Crippen LogP contribution in [0.2, 0.25) is 0 Å². The molecule has 2 fully saturated rings. The van der Waals surface area contributed by atoms with E-state index >= 15 is 0 Å². The highest BCUT2D eigenvalue weighted by Crippen LogP contribution is 2.34. The highest BCUT2D eigenvalue weighted by atomic mass is 16.5. The summed E-state index contributed by atoms with van der Waals surface area (Å²) in [5.74, 6) is 0.366. The number of anilines is 2. The maximum atomic E-state index is 13.4. The summed E-state index contributed by atoms with van der Waals surface area (Å²) < 4.78 is 5.47. The molecule has 2 aliphatic heterocycles. The number of amides is 3. The van der Waals surface area contributed by atoms with E-state index in [4.69, 9.17) is 4.74 Å². The van der Waals surface area contributed by atoms with Crippen LogP contribution in [0.25, 0.3) is 0 Å². The molecule has 0 bridgehead atoms. The fraction of sp³-hybridized carbons (Fsp3) is 0.400. The van der Waals surface area contributed by atoms with Crippen molar-refractivity contribution >= 4 is 29.1 Å². The lowest BCUT2D eigenvalue weighted by Gasteiger charge is -2.34. The van der Waals surface area contributed by atoms with Crippen molar-refractivity contribution in [2.24, 2.45) is 0 Å². The molecule has 2 heterocycles. The van der Waals surface area contributed by atoms with Gasteiger partial charge in [0.1, 0.15) is 11.8 Å². The Labute approximate surface area is 188 Å². The summed E-state index contributed by atoms with van der Waals surface area (Å²) in [5.41, 5.74) is 2.00. The number of carbonyl (C=O) groups is 3. The predicted octanol–water partition coefficient (Wildman–Crippen LogP) is 3.90. The molecule has 2 aromatic rings. The zero-order valence-corrected chi connectivity index (χ0v) is 18.4. The first-order valence-electron chi connectivity index (χ1n) is 11.2. The van der Waals surface area contributed by atoms with Crippen molar-refractivity contribution in [2.75, 3.05) is 30.4 Å². The van der Waals surface area contributed by atoms with Crippen LogP contribution in [0.3, 0.4) is 0 Å². The number of benzene rings is 2. The molecule has 4 rings (SSSR count). The Hall–Kier alpha value is -3.35. The predicted molar refractivity (Wildman–Crippen MR) is 123 cm³/mol. The molecule has 2 aliphatic rings. The molecule has 7 nitrogen and oxygen atoms in total. The molecule has 7 heteroatoms. The van der Waals surface area contributed by atoms with Gasteiger partial charge in [-0.2, -0.15) is 0 Å². The first kappa shape index (κ1) is 21.9. The van der Waals surface area contributed by atoms with Crippen LogP contribution in [0.5, 0.6) is 5.75 Å². The van der Waals surface area contributed by atoms with E-state index in [1.807, 2.05) is 30.3 Å². The molecular weight excluding hydrogens is 406 g/mol. The SMILES string of the molecule is COc1ccc(NC(=O)C(c2ccccc2)N2CCCCC2=O)cc1N1CCCCC1=O. The first-order chi connectivity index (χ1) is 15.6. The number of ether oxygens (including phenoxy) is 1. The van der Waals surface area contributed by atoms with Crippen molar-refractivity contribution in [1.29, 1.82) is 0 Å². The molecule has 0 aliphatic carbocycles. The number of hydrogen-bond acceptors (Lipinski definition) is 4. The van der Waals surface area contributed by atoms with Crippen LogP contribution in [-0.2, 0) is 14.4 Å². The molecule has 3 amide bonds. The monoisotopic (exact) mass is 435 g/mol. The molecule has 0 aromatic heterocycles. The van der Waals surface area contributed by atoms with Gasteiger partial charge in [0.05, 0.1) is 12.8 Å². The third kappa shape index (κ3) is 4.61. The van der Waals surface area contributed by atoms with Crippen molar-refractivity contribution in [3.63, 3.8) is 0 Å². The van der Waals surface area contributed by atoms with E-state index in [1.54, 1.807) is 35.1 Å². The standard InChI is InChI=1S/C25H29N3O4/c1-32-21-14-13-19(17-20(21)27-15-7-5-11-22(27)29)26-25(31)24(18-9-3-2-4-10-18)28-16-8-6-12-23(28)30/h2-4,9-10,13-14,17,24H,5-8,11-12,15-16H2,1H3,(H,26,31). The molecule has 2 saturated heterocycles. The van der Waals surface area contributed by atoms with Crippen LogP contribution >= 0.6 is 0 Å². The Balaban J connectivity index is 1.62. The lowest BCUT2D eigenvalue weighted by molar-refractivity contribution is -0.141. The van der Waals surface area contributed by atoms with Crippen LogP contribution in [-0.4, -0.2) is 42.8 Å². The highest BCUT2D eigenvalue weighted by molar-refractivity contribution is 6.00. The van der Waals surface area contributed by atoms with Crippen LogP contribution in [0, 0.1) is 0 Å². The molecule has 2 aromatic carbocycles. The lowest BCUT2D eigenvalue weighted by atomic mass is 10.0. The number of piperidine rings is 2. The van der Waals surface area contributed by atoms with Crippen molar-refractivity contribution in [3.8, 4) is 5.75 Å². The molecule has 1 atom stereocenters. The smallest absolute Gasteiger partial charge is 0.251 e. The number of rotatable bonds is 6. The van der Waals surface area contributed by atoms with Crippen molar-refractivity contribution in [3.05, 3.63) is 54.1 Å². The van der Waals surface area contributed by atoms with Gasteiger partial charge in [0.25, 0.3) is 5.91 Å². The molecule has 32 heavy (non-hydrogen) atoms. The molecule has 0 saturated carbocycles. The molecule has 168 valence electrons. The van der Waals surface area contributed by atoms with E-state index in [9.17, 15) is 14.4 Å². The van der Waals surface area contributed by atoms with Crippen LogP contribution in [0.15, 0.2) is 48.5 Å². The summed E-state index contributed by atoms with van der Waals surface area (Å²) >= 11 is 0. The summed E-state index contributed by atoms with van der Waals surface area (Å²) in [7, 11) is 1.57. The van der Waals surface area contributed by atoms with Gasteiger partial charge in [-0.1, -0.05) is 30.3 Å². The average molecular weight is 436 g/mol. The number of nitrogens with zero attached hydrogens (tertiary/aromatic N) is 2. The average Bonchev–Trinajstić information content (AvgIpc) is 2.81. The summed E-state index contributed by atoms with van der Waals surface area (Å²) in [6, 6.07) is 14.0. The zero-order valence-electron chi connectivity index (χ0n) is 18.4. The minimum Gasteiger partial charge on any atom is -0.495 e. The van der Waals surface area contributed by atoms with E-state index in [1.165, 1.54) is 0 Å². The Morgan fingerprint density at radius 1 is 0.938 bits per heavy atom. The quantitative estimate of drug-likeness (QED) is 0.746. The minimum absolute atomic E-state index is 0.00501. The number of nitrogens with one attached hydrogen (secondary N) is 1. The minimum atomic E-state index is -0.703. The van der Waals surface area contributed by atoms with E-state index in [2.05, 4.69) is 5.32 Å². The number of methoxy groups -OCH3 is 1. The zero-order chi connectivity index (χ0) is 22.5.